The van der Waals surface area contributed by atoms with E-state index in [2.05, 4.69) is 36.6 Å². The van der Waals surface area contributed by atoms with Gasteiger partial charge in [0.25, 0.3) is 0 Å². The number of nitrogens with zero attached hydrogens (tertiary/aromatic N) is 4. The van der Waals surface area contributed by atoms with E-state index >= 15 is 0 Å². The first-order valence-electron chi connectivity index (χ1n) is 12.5. The number of ether oxygens (including phenoxy) is 1. The summed E-state index contributed by atoms with van der Waals surface area (Å²) in [7, 11) is 0. The van der Waals surface area contributed by atoms with Crippen molar-refractivity contribution in [1.29, 1.82) is 0 Å². The van der Waals surface area contributed by atoms with Crippen LogP contribution in [0.3, 0.4) is 0 Å². The summed E-state index contributed by atoms with van der Waals surface area (Å²) in [4.78, 5) is 74.9. The number of H-pyrrole nitrogens is 1. The van der Waals surface area contributed by atoms with Crippen LogP contribution >= 0.6 is 0 Å². The molecule has 0 spiro atoms. The Hall–Kier alpha value is -4.15. The number of esters is 1. The average Bonchev–Trinajstić information content (AvgIpc) is 3.57. The van der Waals surface area contributed by atoms with Gasteiger partial charge in [0.05, 0.1) is 32.5 Å². The zero-order valence-electron chi connectivity index (χ0n) is 21.8. The summed E-state index contributed by atoms with van der Waals surface area (Å²) in [6.45, 7) is 3.00. The molecular weight excluding hydrogens is 518 g/mol. The molecule has 0 bridgehead atoms. The van der Waals surface area contributed by atoms with Crippen molar-refractivity contribution in [2.75, 3.05) is 19.6 Å². The van der Waals surface area contributed by atoms with E-state index in [1.807, 2.05) is 6.92 Å². The Morgan fingerprint density at radius 2 is 1.92 bits per heavy atom. The number of carbonyl (C=O) groups is 6. The van der Waals surface area contributed by atoms with Crippen molar-refractivity contribution in [3.05, 3.63) is 5.82 Å². The number of nitrogens with two attached hydrogens (primary N) is 1. The normalized spacial score (nSPS) is 18.1. The number of hydrogen-bond donors (Lipinski definition) is 6. The minimum atomic E-state index is -1.14. The number of carboxylic acids is 1. The predicted molar refractivity (Wildman–Crippen MR) is 131 cm³/mol. The van der Waals surface area contributed by atoms with Crippen molar-refractivity contribution in [2.45, 2.75) is 70.7 Å². The van der Waals surface area contributed by atoms with Gasteiger partial charge >= 0.3 is 11.9 Å². The van der Waals surface area contributed by atoms with Crippen LogP contribution in [-0.2, 0) is 40.0 Å². The minimum Gasteiger partial charge on any atom is -0.481 e. The van der Waals surface area contributed by atoms with Crippen LogP contribution in [0.15, 0.2) is 0 Å². The van der Waals surface area contributed by atoms with E-state index in [0.29, 0.717) is 6.42 Å². The Morgan fingerprint density at radius 1 is 1.18 bits per heavy atom. The molecule has 1 unspecified atom stereocenters. The predicted octanol–water partition coefficient (Wildman–Crippen LogP) is -2.81. The number of hydrogen-bond acceptors (Lipinski definition) is 11. The van der Waals surface area contributed by atoms with Crippen molar-refractivity contribution in [2.24, 2.45) is 11.7 Å². The molecule has 1 aliphatic heterocycles. The third-order valence-corrected chi connectivity index (χ3v) is 6.13. The van der Waals surface area contributed by atoms with Gasteiger partial charge < -0.3 is 36.4 Å². The Bertz CT molecular complexity index is 1020. The highest BCUT2D eigenvalue weighted by molar-refractivity contribution is 5.93. The molecule has 0 radical (unpaired) electrons. The molecule has 2 rings (SSSR count). The first kappa shape index (κ1) is 31.1. The zero-order chi connectivity index (χ0) is 28.9. The summed E-state index contributed by atoms with van der Waals surface area (Å²) >= 11 is 0. The molecule has 39 heavy (non-hydrogen) atoms. The number of carbonyl (C=O) groups excluding carboxylic acids is 5. The number of carboxylic acid groups (broad SMARTS) is 1. The standard InChI is InChI=1S/C22H35N9O8/c1-3-12(2)20(26-16(32)4-5-18(34)35)22(38)25-10-17(33)31-11-13(39-19(36)6-7-23)8-14(31)21(37)24-9-15-27-29-30-28-15/h12-14,20H,3-11,23H2,1-2H3,(H,24,37)(H,25,38)(H,26,32)(H,34,35)(H,27,28,29,30)/t12-,13+,14?,20-/m0/s1. The molecule has 0 saturated carbocycles. The molecule has 17 heteroatoms. The maximum Gasteiger partial charge on any atom is 0.307 e. The lowest BCUT2D eigenvalue weighted by molar-refractivity contribution is -0.149. The van der Waals surface area contributed by atoms with Gasteiger partial charge in [-0.05, 0) is 5.92 Å². The first-order chi connectivity index (χ1) is 18.5. The third kappa shape index (κ3) is 9.91. The summed E-state index contributed by atoms with van der Waals surface area (Å²) in [5.74, 6) is -4.19. The Balaban J connectivity index is 2.04. The quantitative estimate of drug-likeness (QED) is 0.120. The van der Waals surface area contributed by atoms with Crippen LogP contribution in [0, 0.1) is 5.92 Å². The molecule has 2 heterocycles. The zero-order valence-corrected chi connectivity index (χ0v) is 21.8. The molecule has 1 fully saturated rings. The Morgan fingerprint density at radius 3 is 2.54 bits per heavy atom. The van der Waals surface area contributed by atoms with Gasteiger partial charge in [-0.15, -0.1) is 10.2 Å². The van der Waals surface area contributed by atoms with E-state index < -0.39 is 60.3 Å². The molecule has 1 aromatic heterocycles. The Kier molecular flexibility index (Phi) is 12.2. The maximum absolute atomic E-state index is 13.1. The van der Waals surface area contributed by atoms with Gasteiger partial charge in [-0.25, -0.2) is 0 Å². The molecule has 7 N–H and O–H groups in total. The molecule has 0 aromatic carbocycles. The van der Waals surface area contributed by atoms with Crippen molar-refractivity contribution >= 4 is 35.6 Å². The summed E-state index contributed by atoms with van der Waals surface area (Å²) < 4.78 is 5.35. The fraction of sp³-hybridized carbons (Fsp3) is 0.682. The molecule has 0 aliphatic carbocycles. The molecule has 216 valence electrons. The van der Waals surface area contributed by atoms with Crippen LogP contribution in [0.1, 0.15) is 51.8 Å². The summed E-state index contributed by atoms with van der Waals surface area (Å²) in [5, 5.41) is 29.5. The van der Waals surface area contributed by atoms with Gasteiger partial charge in [-0.1, -0.05) is 25.5 Å². The lowest BCUT2D eigenvalue weighted by Gasteiger charge is -2.26. The summed E-state index contributed by atoms with van der Waals surface area (Å²) in [5.41, 5.74) is 5.38. The van der Waals surface area contributed by atoms with Gasteiger partial charge in [0.15, 0.2) is 5.82 Å². The highest BCUT2D eigenvalue weighted by Gasteiger charge is 2.41. The largest absolute Gasteiger partial charge is 0.481 e. The highest BCUT2D eigenvalue weighted by Crippen LogP contribution is 2.21. The average molecular weight is 554 g/mol. The summed E-state index contributed by atoms with van der Waals surface area (Å²) in [6.07, 6.45) is -0.913. The van der Waals surface area contributed by atoms with E-state index in [1.54, 1.807) is 6.92 Å². The Labute approximate surface area is 223 Å². The van der Waals surface area contributed by atoms with E-state index in [9.17, 15) is 28.8 Å². The second-order valence-corrected chi connectivity index (χ2v) is 9.04. The summed E-state index contributed by atoms with van der Waals surface area (Å²) in [6, 6.07) is -2.00. The second kappa shape index (κ2) is 15.3. The number of nitrogens with one attached hydrogen (secondary N) is 4. The lowest BCUT2D eigenvalue weighted by Crippen LogP contribution is -2.53. The second-order valence-electron chi connectivity index (χ2n) is 9.04. The first-order valence-corrected chi connectivity index (χ1v) is 12.5. The smallest absolute Gasteiger partial charge is 0.307 e. The molecular formula is C22H35N9O8. The van der Waals surface area contributed by atoms with Crippen LogP contribution in [0.5, 0.6) is 0 Å². The molecule has 1 aliphatic rings. The maximum atomic E-state index is 13.1. The molecule has 4 atom stereocenters. The van der Waals surface area contributed by atoms with Crippen LogP contribution in [0.25, 0.3) is 0 Å². The number of aromatic amines is 1. The number of tetrazole rings is 1. The highest BCUT2D eigenvalue weighted by atomic mass is 16.5. The number of rotatable bonds is 15. The lowest BCUT2D eigenvalue weighted by atomic mass is 9.98. The van der Waals surface area contributed by atoms with E-state index in [-0.39, 0.29) is 57.1 Å². The van der Waals surface area contributed by atoms with Crippen molar-refractivity contribution in [3.63, 3.8) is 0 Å². The van der Waals surface area contributed by atoms with E-state index in [1.165, 1.54) is 4.90 Å². The monoisotopic (exact) mass is 553 g/mol. The SMILES string of the molecule is CC[C@H](C)[C@H](NC(=O)CCC(=O)O)C(=O)NCC(=O)N1C[C@H](OC(=O)CCN)CC1C(=O)NCc1nn[nH]n1. The van der Waals surface area contributed by atoms with E-state index in [0.717, 1.165) is 0 Å². The fourth-order valence-corrected chi connectivity index (χ4v) is 3.85. The van der Waals surface area contributed by atoms with Gasteiger partial charge in [-0.2, -0.15) is 5.21 Å². The van der Waals surface area contributed by atoms with E-state index in [4.69, 9.17) is 15.6 Å². The van der Waals surface area contributed by atoms with Crippen LogP contribution in [-0.4, -0.2) is 104 Å². The minimum absolute atomic E-state index is 0.0234. The van der Waals surface area contributed by atoms with Crippen molar-refractivity contribution in [1.82, 2.24) is 41.5 Å². The van der Waals surface area contributed by atoms with Crippen molar-refractivity contribution in [3.8, 4) is 0 Å². The number of aromatic nitrogens is 4. The fourth-order valence-electron chi connectivity index (χ4n) is 3.85. The van der Waals surface area contributed by atoms with Gasteiger partial charge in [-0.3, -0.25) is 28.8 Å². The molecule has 17 nitrogen and oxygen atoms in total. The molecule has 1 aromatic rings. The van der Waals surface area contributed by atoms with Gasteiger partial charge in [0, 0.05) is 19.4 Å². The van der Waals surface area contributed by atoms with Crippen LogP contribution in [0.4, 0.5) is 0 Å². The topological polar surface area (TPSA) is 252 Å². The number of likely N-dealkylation sites (tertiary alicyclic amines) is 1. The van der Waals surface area contributed by atoms with Gasteiger partial charge in [0.1, 0.15) is 18.2 Å². The van der Waals surface area contributed by atoms with Gasteiger partial charge in [0.2, 0.25) is 23.6 Å². The number of aliphatic carboxylic acids is 1. The third-order valence-electron chi connectivity index (χ3n) is 6.13. The molecule has 4 amide bonds. The van der Waals surface area contributed by atoms with Crippen molar-refractivity contribution < 1.29 is 38.6 Å². The van der Waals surface area contributed by atoms with Crippen LogP contribution in [0.2, 0.25) is 0 Å². The van der Waals surface area contributed by atoms with Crippen LogP contribution < -0.4 is 21.7 Å². The number of amides is 4. The molecule has 1 saturated heterocycles.